The van der Waals surface area contributed by atoms with E-state index in [-0.39, 0.29) is 30.6 Å². The van der Waals surface area contributed by atoms with E-state index in [0.29, 0.717) is 12.2 Å². The molecule has 0 radical (unpaired) electrons. The van der Waals surface area contributed by atoms with Crippen LogP contribution in [0.5, 0.6) is 5.75 Å². The molecule has 0 fully saturated rings. The highest BCUT2D eigenvalue weighted by Crippen LogP contribution is 2.23. The van der Waals surface area contributed by atoms with E-state index in [4.69, 9.17) is 5.73 Å². The smallest absolute Gasteiger partial charge is 0.406 e. The van der Waals surface area contributed by atoms with Gasteiger partial charge in [-0.15, -0.1) is 13.2 Å². The Bertz CT molecular complexity index is 762. The molecule has 0 spiro atoms. The number of nitrogens with two attached hydrogens (primary N) is 1. The van der Waals surface area contributed by atoms with Crippen molar-refractivity contribution in [2.75, 3.05) is 11.9 Å². The molecule has 2 aromatic rings. The van der Waals surface area contributed by atoms with Crippen molar-refractivity contribution in [3.63, 3.8) is 0 Å². The molecule has 144 valence electrons. The van der Waals surface area contributed by atoms with Crippen molar-refractivity contribution in [3.8, 4) is 5.75 Å². The van der Waals surface area contributed by atoms with Gasteiger partial charge in [-0.1, -0.05) is 30.3 Å². The fourth-order valence-electron chi connectivity index (χ4n) is 2.09. The summed E-state index contributed by atoms with van der Waals surface area (Å²) >= 11 is 0. The second kappa shape index (κ2) is 9.46. The number of ether oxygens (including phenoxy) is 1. The van der Waals surface area contributed by atoms with Crippen LogP contribution >= 0.6 is 0 Å². The van der Waals surface area contributed by atoms with Crippen molar-refractivity contribution in [2.45, 2.75) is 19.3 Å². The first-order valence-corrected chi connectivity index (χ1v) is 8.05. The number of hydrogen-bond donors (Lipinski definition) is 3. The van der Waals surface area contributed by atoms with Gasteiger partial charge >= 0.3 is 6.36 Å². The first-order chi connectivity index (χ1) is 12.8. The van der Waals surface area contributed by atoms with Crippen LogP contribution in [0.25, 0.3) is 0 Å². The third-order valence-electron chi connectivity index (χ3n) is 3.31. The number of aliphatic imine (C=N–C) groups is 1. The molecule has 0 aliphatic rings. The highest BCUT2D eigenvalue weighted by molar-refractivity contribution is 5.92. The number of anilines is 1. The van der Waals surface area contributed by atoms with Gasteiger partial charge < -0.3 is 21.1 Å². The van der Waals surface area contributed by atoms with Crippen molar-refractivity contribution in [3.05, 3.63) is 60.2 Å². The maximum atomic E-state index is 12.1. The lowest BCUT2D eigenvalue weighted by atomic mass is 10.2. The van der Waals surface area contributed by atoms with E-state index in [2.05, 4.69) is 20.4 Å². The summed E-state index contributed by atoms with van der Waals surface area (Å²) in [4.78, 5) is 15.8. The number of amides is 1. The minimum Gasteiger partial charge on any atom is -0.406 e. The number of hydrogen-bond acceptors (Lipinski definition) is 3. The second-order valence-electron chi connectivity index (χ2n) is 5.48. The van der Waals surface area contributed by atoms with E-state index in [9.17, 15) is 18.0 Å². The summed E-state index contributed by atoms with van der Waals surface area (Å²) in [6.07, 6.45) is -4.58. The molecule has 0 atom stereocenters. The van der Waals surface area contributed by atoms with Gasteiger partial charge in [-0.3, -0.25) is 9.79 Å². The number of rotatable bonds is 7. The number of halogens is 3. The molecule has 0 heterocycles. The monoisotopic (exact) mass is 380 g/mol. The van der Waals surface area contributed by atoms with Gasteiger partial charge in [-0.05, 0) is 29.8 Å². The maximum absolute atomic E-state index is 12.1. The van der Waals surface area contributed by atoms with E-state index >= 15 is 0 Å². The zero-order chi connectivity index (χ0) is 19.7. The van der Waals surface area contributed by atoms with Crippen LogP contribution in [0.15, 0.2) is 59.6 Å². The minimum atomic E-state index is -4.74. The number of carbonyl (C=O) groups excluding carboxylic acids is 1. The number of alkyl halides is 3. The van der Waals surface area contributed by atoms with Crippen molar-refractivity contribution in [1.29, 1.82) is 0 Å². The van der Waals surface area contributed by atoms with Crippen molar-refractivity contribution in [2.24, 2.45) is 10.7 Å². The van der Waals surface area contributed by atoms with Gasteiger partial charge in [0, 0.05) is 18.7 Å². The number of carbonyl (C=O) groups is 1. The molecule has 0 unspecified atom stereocenters. The molecule has 0 aromatic heterocycles. The Hall–Kier alpha value is -3.23. The molecule has 1 amide bonds. The van der Waals surface area contributed by atoms with Crippen LogP contribution in [-0.4, -0.2) is 24.8 Å². The largest absolute Gasteiger partial charge is 0.573 e. The standard InChI is InChI=1S/C18H19F3N4O2/c19-18(20,21)27-15-8-6-14(7-9-15)25-17(22)23-11-10-16(26)24-12-13-4-2-1-3-5-13/h1-9H,10-12H2,(H,24,26)(H3,22,23,25). The predicted octanol–water partition coefficient (Wildman–Crippen LogP) is 3.02. The van der Waals surface area contributed by atoms with Crippen LogP contribution in [0.4, 0.5) is 18.9 Å². The number of guanidine groups is 1. The van der Waals surface area contributed by atoms with Gasteiger partial charge in [0.1, 0.15) is 5.75 Å². The molecule has 0 saturated heterocycles. The number of nitrogens with zero attached hydrogens (tertiary/aromatic N) is 1. The summed E-state index contributed by atoms with van der Waals surface area (Å²) in [7, 11) is 0. The van der Waals surface area contributed by atoms with E-state index < -0.39 is 6.36 Å². The molecule has 0 saturated carbocycles. The van der Waals surface area contributed by atoms with Gasteiger partial charge in [0.2, 0.25) is 5.91 Å². The zero-order valence-electron chi connectivity index (χ0n) is 14.3. The van der Waals surface area contributed by atoms with Crippen LogP contribution in [0.1, 0.15) is 12.0 Å². The normalized spacial score (nSPS) is 11.7. The predicted molar refractivity (Wildman–Crippen MR) is 96.1 cm³/mol. The molecule has 2 aromatic carbocycles. The summed E-state index contributed by atoms with van der Waals surface area (Å²) in [6.45, 7) is 0.609. The van der Waals surface area contributed by atoms with Crippen LogP contribution in [0, 0.1) is 0 Å². The summed E-state index contributed by atoms with van der Waals surface area (Å²) < 4.78 is 40.1. The lowest BCUT2D eigenvalue weighted by molar-refractivity contribution is -0.274. The topological polar surface area (TPSA) is 88.7 Å². The van der Waals surface area contributed by atoms with Crippen LogP contribution in [0.2, 0.25) is 0 Å². The summed E-state index contributed by atoms with van der Waals surface area (Å²) in [5, 5.41) is 5.49. The fraction of sp³-hybridized carbons (Fsp3) is 0.222. The Morgan fingerprint density at radius 2 is 1.74 bits per heavy atom. The van der Waals surface area contributed by atoms with Crippen LogP contribution in [0.3, 0.4) is 0 Å². The Morgan fingerprint density at radius 3 is 2.37 bits per heavy atom. The van der Waals surface area contributed by atoms with E-state index in [1.54, 1.807) is 0 Å². The van der Waals surface area contributed by atoms with Gasteiger partial charge in [0.15, 0.2) is 5.96 Å². The van der Waals surface area contributed by atoms with Crippen molar-refractivity contribution in [1.82, 2.24) is 5.32 Å². The summed E-state index contributed by atoms with van der Waals surface area (Å²) in [5.74, 6) is -0.446. The Labute approximate surface area is 154 Å². The fourth-order valence-corrected chi connectivity index (χ4v) is 2.09. The van der Waals surface area contributed by atoms with E-state index in [0.717, 1.165) is 17.7 Å². The van der Waals surface area contributed by atoms with Gasteiger partial charge in [0.25, 0.3) is 0 Å². The number of nitrogens with one attached hydrogen (secondary N) is 2. The second-order valence-corrected chi connectivity index (χ2v) is 5.48. The van der Waals surface area contributed by atoms with Gasteiger partial charge in [0.05, 0.1) is 6.54 Å². The maximum Gasteiger partial charge on any atom is 0.573 e. The Kier molecular flexibility index (Phi) is 7.04. The molecular weight excluding hydrogens is 361 g/mol. The first kappa shape index (κ1) is 20.1. The lowest BCUT2D eigenvalue weighted by Gasteiger charge is -2.10. The van der Waals surface area contributed by atoms with Crippen LogP contribution < -0.4 is 21.1 Å². The van der Waals surface area contributed by atoms with Crippen molar-refractivity contribution < 1.29 is 22.7 Å². The quantitative estimate of drug-likeness (QED) is 0.509. The molecule has 4 N–H and O–H groups in total. The average molecular weight is 380 g/mol. The molecule has 27 heavy (non-hydrogen) atoms. The molecule has 0 aliphatic heterocycles. The van der Waals surface area contributed by atoms with Crippen LogP contribution in [-0.2, 0) is 11.3 Å². The molecule has 9 heteroatoms. The highest BCUT2D eigenvalue weighted by atomic mass is 19.4. The molecule has 0 bridgehead atoms. The zero-order valence-corrected chi connectivity index (χ0v) is 14.3. The molecular formula is C18H19F3N4O2. The number of benzene rings is 2. The SMILES string of the molecule is NC(=NCCC(=O)NCc1ccccc1)Nc1ccc(OC(F)(F)F)cc1. The van der Waals surface area contributed by atoms with Crippen molar-refractivity contribution >= 4 is 17.6 Å². The first-order valence-electron chi connectivity index (χ1n) is 8.05. The third kappa shape index (κ3) is 8.13. The average Bonchev–Trinajstić information content (AvgIpc) is 2.61. The van der Waals surface area contributed by atoms with Gasteiger partial charge in [-0.2, -0.15) is 0 Å². The minimum absolute atomic E-state index is 0.0512. The Morgan fingerprint density at radius 1 is 1.07 bits per heavy atom. The molecule has 0 aliphatic carbocycles. The Balaban J connectivity index is 1.73. The summed E-state index contributed by atoms with van der Waals surface area (Å²) in [6, 6.07) is 14.5. The third-order valence-corrected chi connectivity index (χ3v) is 3.31. The molecule has 6 nitrogen and oxygen atoms in total. The summed E-state index contributed by atoms with van der Waals surface area (Å²) in [5.41, 5.74) is 7.13. The molecule has 2 rings (SSSR count). The van der Waals surface area contributed by atoms with E-state index in [1.165, 1.54) is 12.1 Å². The lowest BCUT2D eigenvalue weighted by Crippen LogP contribution is -2.25. The highest BCUT2D eigenvalue weighted by Gasteiger charge is 2.30. The van der Waals surface area contributed by atoms with Gasteiger partial charge in [-0.25, -0.2) is 0 Å². The van der Waals surface area contributed by atoms with E-state index in [1.807, 2.05) is 30.3 Å².